The molecule has 0 spiro atoms. The van der Waals surface area contributed by atoms with Crippen molar-refractivity contribution in [3.05, 3.63) is 52.2 Å². The van der Waals surface area contributed by atoms with Gasteiger partial charge in [0.15, 0.2) is 5.65 Å². The molecule has 8 heteroatoms. The molecule has 0 aliphatic carbocycles. The zero-order chi connectivity index (χ0) is 18.0. The lowest BCUT2D eigenvalue weighted by atomic mass is 10.1. The first-order valence-electron chi connectivity index (χ1n) is 7.92. The van der Waals surface area contributed by atoms with E-state index in [1.807, 2.05) is 32.0 Å². The van der Waals surface area contributed by atoms with Gasteiger partial charge in [0, 0.05) is 6.61 Å². The maximum absolute atomic E-state index is 12.5. The number of carbonyl (C=O) groups is 1. The molecule has 0 aliphatic heterocycles. The molecular formula is C17H19N5O3. The minimum absolute atomic E-state index is 0.122. The van der Waals surface area contributed by atoms with Crippen LogP contribution in [0.1, 0.15) is 18.1 Å². The fraction of sp³-hybridized carbons (Fsp3) is 0.294. The third-order valence-electron chi connectivity index (χ3n) is 3.91. The van der Waals surface area contributed by atoms with E-state index in [1.54, 1.807) is 11.6 Å². The number of fused-ring (bicyclic) bond motifs is 1. The van der Waals surface area contributed by atoms with Crippen LogP contribution in [0.25, 0.3) is 16.7 Å². The van der Waals surface area contributed by atoms with Gasteiger partial charge in [-0.3, -0.25) is 15.0 Å². The normalized spacial score (nSPS) is 11.0. The minimum atomic E-state index is -0.424. The number of hydrogen-bond donors (Lipinski definition) is 1. The number of amides is 1. The topological polar surface area (TPSA) is 91.0 Å². The van der Waals surface area contributed by atoms with Gasteiger partial charge in [0.2, 0.25) is 0 Å². The van der Waals surface area contributed by atoms with Crippen LogP contribution in [0.15, 0.2) is 35.5 Å². The van der Waals surface area contributed by atoms with Gasteiger partial charge in [-0.1, -0.05) is 6.07 Å². The molecule has 0 saturated carbocycles. The average Bonchev–Trinajstić information content (AvgIpc) is 3.03. The molecule has 2 heterocycles. The Balaban J connectivity index is 1.97. The van der Waals surface area contributed by atoms with E-state index in [4.69, 9.17) is 4.74 Å². The zero-order valence-electron chi connectivity index (χ0n) is 14.3. The number of carbonyl (C=O) groups excluding carboxylic acids is 1. The van der Waals surface area contributed by atoms with Crippen LogP contribution >= 0.6 is 0 Å². The summed E-state index contributed by atoms with van der Waals surface area (Å²) in [6.45, 7) is 6.13. The van der Waals surface area contributed by atoms with E-state index < -0.39 is 11.5 Å². The fourth-order valence-corrected chi connectivity index (χ4v) is 2.40. The predicted octanol–water partition coefficient (Wildman–Crippen LogP) is 1.31. The molecule has 1 amide bonds. The number of rotatable bonds is 5. The Morgan fingerprint density at radius 2 is 2.08 bits per heavy atom. The highest BCUT2D eigenvalue weighted by Gasteiger charge is 2.13. The van der Waals surface area contributed by atoms with Crippen molar-refractivity contribution in [1.29, 1.82) is 0 Å². The summed E-state index contributed by atoms with van der Waals surface area (Å²) in [7, 11) is 0. The molecule has 3 aromatic rings. The monoisotopic (exact) mass is 341 g/mol. The molecule has 0 radical (unpaired) electrons. The minimum Gasteiger partial charge on any atom is -0.372 e. The van der Waals surface area contributed by atoms with Crippen molar-refractivity contribution in [3.8, 4) is 5.69 Å². The second-order valence-electron chi connectivity index (χ2n) is 5.65. The Bertz CT molecular complexity index is 990. The van der Waals surface area contributed by atoms with Crippen LogP contribution in [0.3, 0.4) is 0 Å². The lowest BCUT2D eigenvalue weighted by Gasteiger charge is -2.08. The van der Waals surface area contributed by atoms with Gasteiger partial charge in [-0.05, 0) is 44.0 Å². The summed E-state index contributed by atoms with van der Waals surface area (Å²) in [4.78, 5) is 28.5. The van der Waals surface area contributed by atoms with Crippen molar-refractivity contribution in [2.45, 2.75) is 20.8 Å². The van der Waals surface area contributed by atoms with Crippen molar-refractivity contribution < 1.29 is 9.53 Å². The molecule has 0 unspecified atom stereocenters. The molecule has 130 valence electrons. The van der Waals surface area contributed by atoms with Gasteiger partial charge in [-0.15, -0.1) is 0 Å². The van der Waals surface area contributed by atoms with Gasteiger partial charge in [-0.25, -0.2) is 14.3 Å². The number of benzene rings is 1. The third kappa shape index (κ3) is 3.29. The summed E-state index contributed by atoms with van der Waals surface area (Å²) < 4.78 is 7.66. The lowest BCUT2D eigenvalue weighted by Crippen LogP contribution is -2.35. The Morgan fingerprint density at radius 1 is 1.28 bits per heavy atom. The van der Waals surface area contributed by atoms with Crippen LogP contribution in [0, 0.1) is 13.8 Å². The first-order valence-corrected chi connectivity index (χ1v) is 7.92. The van der Waals surface area contributed by atoms with E-state index in [9.17, 15) is 9.59 Å². The third-order valence-corrected chi connectivity index (χ3v) is 3.91. The summed E-state index contributed by atoms with van der Waals surface area (Å²) in [5, 5.41) is 4.59. The molecule has 8 nitrogen and oxygen atoms in total. The SMILES string of the molecule is CCOCC(=O)Nn1cnc2c(cnn2-c2ccc(C)c(C)c2)c1=O. The number of aromatic nitrogens is 4. The standard InChI is InChI=1S/C17H19N5O3/c1-4-25-9-15(23)20-21-10-18-16-14(17(21)24)8-19-22(16)13-6-5-11(2)12(3)7-13/h5-8,10H,4,9H2,1-3H3,(H,20,23). The average molecular weight is 341 g/mol. The smallest absolute Gasteiger partial charge is 0.283 e. The largest absolute Gasteiger partial charge is 0.372 e. The second-order valence-corrected chi connectivity index (χ2v) is 5.65. The van der Waals surface area contributed by atoms with E-state index in [1.165, 1.54) is 18.1 Å². The number of nitrogens with one attached hydrogen (secondary N) is 1. The summed E-state index contributed by atoms with van der Waals surface area (Å²) in [6, 6.07) is 5.90. The van der Waals surface area contributed by atoms with Crippen LogP contribution < -0.4 is 11.0 Å². The quantitative estimate of drug-likeness (QED) is 0.755. The lowest BCUT2D eigenvalue weighted by molar-refractivity contribution is -0.121. The zero-order valence-corrected chi connectivity index (χ0v) is 14.3. The van der Waals surface area contributed by atoms with Crippen molar-refractivity contribution in [2.75, 3.05) is 18.6 Å². The molecule has 2 aromatic heterocycles. The Kier molecular flexibility index (Phi) is 4.62. The highest BCUT2D eigenvalue weighted by molar-refractivity contribution is 5.85. The van der Waals surface area contributed by atoms with Crippen LogP contribution in [-0.4, -0.2) is 38.6 Å². The maximum atomic E-state index is 12.5. The van der Waals surface area contributed by atoms with Gasteiger partial charge in [0.05, 0.1) is 11.9 Å². The van der Waals surface area contributed by atoms with Crippen molar-refractivity contribution >= 4 is 16.9 Å². The second kappa shape index (κ2) is 6.86. The van der Waals surface area contributed by atoms with E-state index in [0.717, 1.165) is 15.9 Å². The molecule has 0 bridgehead atoms. The molecule has 25 heavy (non-hydrogen) atoms. The predicted molar refractivity (Wildman–Crippen MR) is 93.5 cm³/mol. The van der Waals surface area contributed by atoms with E-state index >= 15 is 0 Å². The van der Waals surface area contributed by atoms with Crippen LogP contribution in [-0.2, 0) is 9.53 Å². The molecule has 0 saturated heterocycles. The Labute approximate surface area is 144 Å². The molecule has 0 atom stereocenters. The van der Waals surface area contributed by atoms with Crippen molar-refractivity contribution in [1.82, 2.24) is 19.4 Å². The number of ether oxygens (including phenoxy) is 1. The molecule has 3 rings (SSSR count). The van der Waals surface area contributed by atoms with Gasteiger partial charge in [-0.2, -0.15) is 5.10 Å². The summed E-state index contributed by atoms with van der Waals surface area (Å²) in [5.41, 5.74) is 5.60. The number of hydrogen-bond acceptors (Lipinski definition) is 5. The van der Waals surface area contributed by atoms with Gasteiger partial charge in [0.1, 0.15) is 18.3 Å². The molecular weight excluding hydrogens is 322 g/mol. The van der Waals surface area contributed by atoms with Crippen molar-refractivity contribution in [2.24, 2.45) is 0 Å². The van der Waals surface area contributed by atoms with E-state index in [-0.39, 0.29) is 6.61 Å². The van der Waals surface area contributed by atoms with Crippen LogP contribution in [0.4, 0.5) is 0 Å². The summed E-state index contributed by atoms with van der Waals surface area (Å²) in [5.74, 6) is -0.424. The summed E-state index contributed by atoms with van der Waals surface area (Å²) >= 11 is 0. The van der Waals surface area contributed by atoms with E-state index in [0.29, 0.717) is 17.6 Å². The van der Waals surface area contributed by atoms with Crippen molar-refractivity contribution in [3.63, 3.8) is 0 Å². The van der Waals surface area contributed by atoms with Gasteiger partial charge < -0.3 is 4.74 Å². The Hall–Kier alpha value is -3.00. The first kappa shape index (κ1) is 16.8. The number of nitrogens with zero attached hydrogens (tertiary/aromatic N) is 4. The van der Waals surface area contributed by atoms with Gasteiger partial charge in [0.25, 0.3) is 11.5 Å². The maximum Gasteiger partial charge on any atom is 0.283 e. The highest BCUT2D eigenvalue weighted by Crippen LogP contribution is 2.16. The highest BCUT2D eigenvalue weighted by atomic mass is 16.5. The molecule has 0 fully saturated rings. The first-order chi connectivity index (χ1) is 12.0. The van der Waals surface area contributed by atoms with Gasteiger partial charge >= 0.3 is 0 Å². The summed E-state index contributed by atoms with van der Waals surface area (Å²) in [6.07, 6.45) is 2.72. The molecule has 1 aromatic carbocycles. The number of aryl methyl sites for hydroxylation is 2. The fourth-order valence-electron chi connectivity index (χ4n) is 2.40. The molecule has 0 aliphatic rings. The van der Waals surface area contributed by atoms with E-state index in [2.05, 4.69) is 15.5 Å². The molecule has 1 N–H and O–H groups in total. The van der Waals surface area contributed by atoms with Crippen LogP contribution in [0.5, 0.6) is 0 Å². The Morgan fingerprint density at radius 3 is 2.80 bits per heavy atom. The van der Waals surface area contributed by atoms with Crippen LogP contribution in [0.2, 0.25) is 0 Å².